The second-order valence-electron chi connectivity index (χ2n) is 1.63. The third-order valence-electron chi connectivity index (χ3n) is 0.801. The van der Waals surface area contributed by atoms with Crippen molar-refractivity contribution in [2.45, 2.75) is 6.42 Å². The Morgan fingerprint density at radius 3 is 2.73 bits per heavy atom. The van der Waals surface area contributed by atoms with Gasteiger partial charge in [0.25, 0.3) is 0 Å². The minimum atomic E-state index is -2.74. The van der Waals surface area contributed by atoms with E-state index >= 15 is 0 Å². The van der Waals surface area contributed by atoms with E-state index in [2.05, 4.69) is 11.8 Å². The van der Waals surface area contributed by atoms with Crippen LogP contribution in [0.15, 0.2) is 0 Å². The first kappa shape index (κ1) is 11.4. The van der Waals surface area contributed by atoms with Crippen molar-refractivity contribution in [2.75, 3.05) is 12.9 Å². The summed E-state index contributed by atoms with van der Waals surface area (Å²) in [6, 6.07) is 0. The van der Waals surface area contributed by atoms with Crippen LogP contribution in [0.4, 0.5) is 0 Å². The van der Waals surface area contributed by atoms with Crippen molar-refractivity contribution in [1.82, 2.24) is 0 Å². The molecule has 4 nitrogen and oxygen atoms in total. The third-order valence-corrected chi connectivity index (χ3v) is 5.13. The van der Waals surface area contributed by atoms with Crippen molar-refractivity contribution in [3.63, 3.8) is 0 Å². The predicted octanol–water partition coefficient (Wildman–Crippen LogP) is 1.06. The lowest BCUT2D eigenvalue weighted by atomic mass is 10.5. The Morgan fingerprint density at radius 2 is 2.36 bits per heavy atom. The van der Waals surface area contributed by atoms with E-state index < -0.39 is 11.7 Å². The van der Waals surface area contributed by atoms with Gasteiger partial charge in [-0.05, 0) is 18.1 Å². The van der Waals surface area contributed by atoms with E-state index in [1.54, 1.807) is 6.26 Å². The first-order chi connectivity index (χ1) is 4.98. The van der Waals surface area contributed by atoms with Gasteiger partial charge in [0.15, 0.2) is 0 Å². The van der Waals surface area contributed by atoms with Crippen LogP contribution in [0.5, 0.6) is 0 Å². The fourth-order valence-corrected chi connectivity index (χ4v) is 1.49. The number of carboxylic acid groups (broad SMARTS) is 1. The molecule has 0 fully saturated rings. The molecule has 0 aliphatic rings. The molecule has 1 atom stereocenters. The molecule has 0 aromatic rings. The van der Waals surface area contributed by atoms with Crippen LogP contribution >= 0.6 is 17.1 Å². The molecule has 11 heavy (non-hydrogen) atoms. The van der Waals surface area contributed by atoms with Crippen LogP contribution < -0.4 is 0 Å². The lowest BCUT2D eigenvalue weighted by Crippen LogP contribution is -2.00. The zero-order valence-electron chi connectivity index (χ0n) is 5.89. The molecule has 0 heterocycles. The van der Waals surface area contributed by atoms with Gasteiger partial charge in [-0.15, -0.1) is 0 Å². The van der Waals surface area contributed by atoms with E-state index in [1.165, 1.54) is 0 Å². The van der Waals surface area contributed by atoms with Crippen molar-refractivity contribution in [1.29, 1.82) is 0 Å². The minimum Gasteiger partial charge on any atom is -0.481 e. The molecule has 66 valence electrons. The number of carbonyl (C=O) groups is 1. The van der Waals surface area contributed by atoms with Crippen LogP contribution in [-0.4, -0.2) is 28.8 Å². The second-order valence-corrected chi connectivity index (χ2v) is 7.95. The monoisotopic (exact) mass is 216 g/mol. The van der Waals surface area contributed by atoms with Crippen LogP contribution in [0.2, 0.25) is 0 Å². The lowest BCUT2D eigenvalue weighted by molar-refractivity contribution is -0.137. The Bertz CT molecular complexity index is 183. The van der Waals surface area contributed by atoms with Gasteiger partial charge >= 0.3 is 5.97 Å². The molecule has 0 aliphatic carbocycles. The van der Waals surface area contributed by atoms with Crippen molar-refractivity contribution < 1.29 is 19.3 Å². The molecule has 0 aromatic carbocycles. The maximum Gasteiger partial charge on any atom is 0.305 e. The normalized spacial score (nSPS) is 15.8. The van der Waals surface area contributed by atoms with Gasteiger partial charge in [-0.1, -0.05) is 11.4 Å². The van der Waals surface area contributed by atoms with Crippen LogP contribution in [0, 0.1) is 0 Å². The number of aliphatic carboxylic acids is 1. The highest BCUT2D eigenvalue weighted by atomic mass is 32.9. The van der Waals surface area contributed by atoms with Gasteiger partial charge in [0.2, 0.25) is 5.69 Å². The number of hydrogen-bond acceptors (Lipinski definition) is 4. The molecule has 0 radical (unpaired) electrons. The average Bonchev–Trinajstić information content (AvgIpc) is 1.87. The fraction of sp³-hybridized carbons (Fsp3) is 0.750. The van der Waals surface area contributed by atoms with E-state index in [0.29, 0.717) is 0 Å². The Hall–Kier alpha value is 0.390. The summed E-state index contributed by atoms with van der Waals surface area (Å²) in [5, 5.41) is 8.19. The summed E-state index contributed by atoms with van der Waals surface area (Å²) in [6.07, 6.45) is 1.50. The number of hydrogen-bond donors (Lipinski definition) is 2. The highest BCUT2D eigenvalue weighted by Gasteiger charge is 2.11. The summed E-state index contributed by atoms with van der Waals surface area (Å²) in [5.41, 5.74) is -2.74. The Morgan fingerprint density at radius 1 is 1.82 bits per heavy atom. The van der Waals surface area contributed by atoms with E-state index in [4.69, 9.17) is 14.5 Å². The van der Waals surface area contributed by atoms with Gasteiger partial charge in [-0.2, -0.15) is 0 Å². The standard InChI is InChI=1S/C4H9O4PS2/c1-11-9(7,10)8-3-2-4(5)6/h2-3H2,1H3,(H,5,6)(H,7,10). The molecule has 0 rings (SSSR count). The number of rotatable bonds is 5. The van der Waals surface area contributed by atoms with E-state index in [9.17, 15) is 4.79 Å². The van der Waals surface area contributed by atoms with Gasteiger partial charge in [0.05, 0.1) is 13.0 Å². The smallest absolute Gasteiger partial charge is 0.305 e. The molecule has 7 heteroatoms. The average molecular weight is 216 g/mol. The Labute approximate surface area is 73.9 Å². The molecule has 0 spiro atoms. The molecule has 0 bridgehead atoms. The SMILES string of the molecule is CSP(O)(=S)OCCC(=O)O. The van der Waals surface area contributed by atoms with Gasteiger partial charge in [0, 0.05) is 0 Å². The predicted molar refractivity (Wildman–Crippen MR) is 48.2 cm³/mol. The Balaban J connectivity index is 3.54. The summed E-state index contributed by atoms with van der Waals surface area (Å²) in [7, 11) is 0. The van der Waals surface area contributed by atoms with Gasteiger partial charge in [0.1, 0.15) is 0 Å². The lowest BCUT2D eigenvalue weighted by Gasteiger charge is -2.10. The molecule has 0 aliphatic heterocycles. The second kappa shape index (κ2) is 5.11. The summed E-state index contributed by atoms with van der Waals surface area (Å²) < 4.78 is 4.75. The van der Waals surface area contributed by atoms with Crippen molar-refractivity contribution in [2.24, 2.45) is 0 Å². The van der Waals surface area contributed by atoms with Crippen LogP contribution in [0.3, 0.4) is 0 Å². The Kier molecular flexibility index (Phi) is 5.29. The molecule has 1 unspecified atom stereocenters. The zero-order chi connectivity index (χ0) is 8.91. The first-order valence-corrected chi connectivity index (χ1v) is 7.23. The van der Waals surface area contributed by atoms with Crippen molar-refractivity contribution in [3.05, 3.63) is 0 Å². The van der Waals surface area contributed by atoms with Gasteiger partial charge in [-0.3, -0.25) is 4.79 Å². The van der Waals surface area contributed by atoms with Crippen LogP contribution in [-0.2, 0) is 21.1 Å². The fourth-order valence-electron chi connectivity index (χ4n) is 0.301. The maximum atomic E-state index is 9.98. The van der Waals surface area contributed by atoms with Gasteiger partial charge < -0.3 is 14.5 Å². The van der Waals surface area contributed by atoms with E-state index in [0.717, 1.165) is 11.4 Å². The van der Waals surface area contributed by atoms with E-state index in [1.807, 2.05) is 0 Å². The molecule has 0 amide bonds. The molecule has 2 N–H and O–H groups in total. The molecular weight excluding hydrogens is 207 g/mol. The summed E-state index contributed by atoms with van der Waals surface area (Å²) in [4.78, 5) is 19.1. The van der Waals surface area contributed by atoms with Gasteiger partial charge in [-0.25, -0.2) is 0 Å². The highest BCUT2D eigenvalue weighted by Crippen LogP contribution is 2.54. The summed E-state index contributed by atoms with van der Waals surface area (Å²) >= 11 is 5.66. The summed E-state index contributed by atoms with van der Waals surface area (Å²) in [6.45, 7) is -0.0239. The molecule has 0 saturated heterocycles. The minimum absolute atomic E-state index is 0.0239. The molecule has 0 aromatic heterocycles. The zero-order valence-corrected chi connectivity index (χ0v) is 8.42. The van der Waals surface area contributed by atoms with Crippen LogP contribution in [0.1, 0.15) is 6.42 Å². The summed E-state index contributed by atoms with van der Waals surface area (Å²) in [5.74, 6) is -0.957. The largest absolute Gasteiger partial charge is 0.481 e. The third kappa shape index (κ3) is 6.77. The molecule has 0 saturated carbocycles. The first-order valence-electron chi connectivity index (χ1n) is 2.73. The quantitative estimate of drug-likeness (QED) is 0.670. The van der Waals surface area contributed by atoms with Crippen molar-refractivity contribution in [3.8, 4) is 0 Å². The van der Waals surface area contributed by atoms with Crippen LogP contribution in [0.25, 0.3) is 0 Å². The molecular formula is C4H9O4PS2. The topological polar surface area (TPSA) is 66.8 Å². The van der Waals surface area contributed by atoms with E-state index in [-0.39, 0.29) is 13.0 Å². The number of carboxylic acids is 1. The highest BCUT2D eigenvalue weighted by molar-refractivity contribution is 8.67. The maximum absolute atomic E-state index is 9.98. The van der Waals surface area contributed by atoms with Crippen molar-refractivity contribution >= 4 is 34.9 Å².